The summed E-state index contributed by atoms with van der Waals surface area (Å²) in [6, 6.07) is 11.9. The van der Waals surface area contributed by atoms with Crippen molar-refractivity contribution in [1.29, 1.82) is 0 Å². The number of hydrogen-bond acceptors (Lipinski definition) is 11. The Morgan fingerprint density at radius 3 is 2.14 bits per heavy atom. The maximum Gasteiger partial charge on any atom is 0.338 e. The zero-order chi connectivity index (χ0) is 31.8. The van der Waals surface area contributed by atoms with Crippen molar-refractivity contribution in [2.24, 2.45) is 0 Å². The Bertz CT molecular complexity index is 1510. The second-order valence-corrected chi connectivity index (χ2v) is 10.2. The number of anilines is 1. The van der Waals surface area contributed by atoms with Gasteiger partial charge in [0.25, 0.3) is 5.69 Å². The molecule has 44 heavy (non-hydrogen) atoms. The predicted octanol–water partition coefficient (Wildman–Crippen LogP) is 3.91. The van der Waals surface area contributed by atoms with E-state index in [1.165, 1.54) is 37.3 Å². The summed E-state index contributed by atoms with van der Waals surface area (Å²) in [5, 5.41) is 17.6. The molecule has 2 N–H and O–H groups in total. The molecule has 2 aromatic rings. The van der Waals surface area contributed by atoms with Crippen LogP contribution in [0.25, 0.3) is 0 Å². The van der Waals surface area contributed by atoms with E-state index in [-0.39, 0.29) is 59.8 Å². The molecule has 13 nitrogen and oxygen atoms in total. The molecule has 2 heterocycles. The number of amides is 1. The summed E-state index contributed by atoms with van der Waals surface area (Å²) in [6.45, 7) is 4.56. The fourth-order valence-corrected chi connectivity index (χ4v) is 5.09. The van der Waals surface area contributed by atoms with E-state index in [0.29, 0.717) is 23.7 Å². The van der Waals surface area contributed by atoms with Gasteiger partial charge in [0.1, 0.15) is 19.8 Å². The van der Waals surface area contributed by atoms with Crippen LogP contribution in [-0.4, -0.2) is 61.3 Å². The van der Waals surface area contributed by atoms with Gasteiger partial charge >= 0.3 is 17.9 Å². The van der Waals surface area contributed by atoms with Gasteiger partial charge in [-0.3, -0.25) is 14.9 Å². The smallest absolute Gasteiger partial charge is 0.338 e. The number of ether oxygens (including phenoxy) is 4. The Morgan fingerprint density at radius 1 is 0.932 bits per heavy atom. The molecule has 1 saturated heterocycles. The number of dihydropyridines is 1. The summed E-state index contributed by atoms with van der Waals surface area (Å²) in [5.41, 5.74) is 1.29. The van der Waals surface area contributed by atoms with Crippen molar-refractivity contribution in [3.63, 3.8) is 0 Å². The summed E-state index contributed by atoms with van der Waals surface area (Å²) in [6.07, 6.45) is 1.34. The SMILES string of the molecule is CC(=O)Nc1ccc(C(=O)OCCOC(=O)C2=C(C)NC(C)=C(C(=O)OCC3CCCO3)C2c2ccccc2[N+](=O)[O-])cc1. The zero-order valence-electron chi connectivity index (χ0n) is 24.5. The minimum absolute atomic E-state index is 0.00300. The number of hydrogen-bond donors (Lipinski definition) is 2. The Balaban J connectivity index is 1.50. The first-order valence-electron chi connectivity index (χ1n) is 14.0. The van der Waals surface area contributed by atoms with Crippen LogP contribution in [0.1, 0.15) is 55.5 Å². The number of nitrogens with one attached hydrogen (secondary N) is 2. The Kier molecular flexibility index (Phi) is 10.5. The molecule has 2 aliphatic rings. The summed E-state index contributed by atoms with van der Waals surface area (Å²) in [7, 11) is 0. The number of benzene rings is 2. The van der Waals surface area contributed by atoms with E-state index in [4.69, 9.17) is 18.9 Å². The van der Waals surface area contributed by atoms with Gasteiger partial charge in [0.05, 0.1) is 33.7 Å². The highest BCUT2D eigenvalue weighted by molar-refractivity contribution is 6.00. The molecule has 0 bridgehead atoms. The average Bonchev–Trinajstić information content (AvgIpc) is 3.51. The summed E-state index contributed by atoms with van der Waals surface area (Å²) in [5.74, 6) is -3.70. The molecule has 1 amide bonds. The van der Waals surface area contributed by atoms with Crippen LogP contribution in [0, 0.1) is 10.1 Å². The van der Waals surface area contributed by atoms with Crippen molar-refractivity contribution in [3.8, 4) is 0 Å². The van der Waals surface area contributed by atoms with Crippen molar-refractivity contribution >= 4 is 35.2 Å². The number of esters is 3. The fourth-order valence-electron chi connectivity index (χ4n) is 5.09. The second-order valence-electron chi connectivity index (χ2n) is 10.2. The lowest BCUT2D eigenvalue weighted by Gasteiger charge is -2.30. The summed E-state index contributed by atoms with van der Waals surface area (Å²) < 4.78 is 21.7. The van der Waals surface area contributed by atoms with Gasteiger partial charge in [-0.1, -0.05) is 18.2 Å². The minimum atomic E-state index is -1.17. The molecule has 13 heteroatoms. The first-order valence-corrected chi connectivity index (χ1v) is 14.0. The van der Waals surface area contributed by atoms with E-state index in [0.717, 1.165) is 12.8 Å². The lowest BCUT2D eigenvalue weighted by Crippen LogP contribution is -2.33. The summed E-state index contributed by atoms with van der Waals surface area (Å²) in [4.78, 5) is 61.9. The van der Waals surface area contributed by atoms with E-state index in [2.05, 4.69) is 10.6 Å². The van der Waals surface area contributed by atoms with Crippen LogP contribution >= 0.6 is 0 Å². The number of nitro benzene ring substituents is 1. The van der Waals surface area contributed by atoms with Gasteiger partial charge in [0, 0.05) is 42.2 Å². The maximum atomic E-state index is 13.5. The lowest BCUT2D eigenvalue weighted by atomic mass is 9.79. The van der Waals surface area contributed by atoms with Crippen LogP contribution in [0.2, 0.25) is 0 Å². The summed E-state index contributed by atoms with van der Waals surface area (Å²) >= 11 is 0. The molecule has 2 unspecified atom stereocenters. The van der Waals surface area contributed by atoms with Crippen molar-refractivity contribution in [1.82, 2.24) is 5.32 Å². The van der Waals surface area contributed by atoms with Gasteiger partial charge in [-0.05, 0) is 51.0 Å². The highest BCUT2D eigenvalue weighted by Gasteiger charge is 2.41. The molecular weight excluding hydrogens is 574 g/mol. The maximum absolute atomic E-state index is 13.5. The number of para-hydroxylation sites is 1. The molecule has 0 aliphatic carbocycles. The minimum Gasteiger partial charge on any atom is -0.459 e. The third-order valence-corrected chi connectivity index (χ3v) is 7.06. The normalized spacial score (nSPS) is 17.9. The number of carbonyl (C=O) groups excluding carboxylic acids is 4. The van der Waals surface area contributed by atoms with Gasteiger partial charge < -0.3 is 29.6 Å². The molecular formula is C31H33N3O10. The van der Waals surface area contributed by atoms with E-state index in [9.17, 15) is 29.3 Å². The molecule has 0 spiro atoms. The monoisotopic (exact) mass is 607 g/mol. The van der Waals surface area contributed by atoms with Crippen molar-refractivity contribution in [2.75, 3.05) is 31.7 Å². The largest absolute Gasteiger partial charge is 0.459 e. The number of carbonyl (C=O) groups is 4. The first kappa shape index (κ1) is 31.9. The third-order valence-electron chi connectivity index (χ3n) is 7.06. The number of nitro groups is 1. The molecule has 2 atom stereocenters. The van der Waals surface area contributed by atoms with Gasteiger partial charge in [0.2, 0.25) is 5.91 Å². The van der Waals surface area contributed by atoms with Crippen LogP contribution in [-0.2, 0) is 33.3 Å². The predicted molar refractivity (Wildman–Crippen MR) is 156 cm³/mol. The average molecular weight is 608 g/mol. The highest BCUT2D eigenvalue weighted by atomic mass is 16.6. The Morgan fingerprint density at radius 2 is 1.55 bits per heavy atom. The third kappa shape index (κ3) is 7.67. The molecule has 2 aliphatic heterocycles. The lowest BCUT2D eigenvalue weighted by molar-refractivity contribution is -0.385. The van der Waals surface area contributed by atoms with Crippen molar-refractivity contribution in [2.45, 2.75) is 45.6 Å². The van der Waals surface area contributed by atoms with Crippen LogP contribution in [0.5, 0.6) is 0 Å². The van der Waals surface area contributed by atoms with Crippen LogP contribution in [0.4, 0.5) is 11.4 Å². The van der Waals surface area contributed by atoms with Crippen molar-refractivity contribution in [3.05, 3.63) is 92.3 Å². The topological polar surface area (TPSA) is 172 Å². The fraction of sp³-hybridized carbons (Fsp3) is 0.355. The molecule has 1 fully saturated rings. The molecule has 0 aromatic heterocycles. The van der Waals surface area contributed by atoms with Crippen LogP contribution < -0.4 is 10.6 Å². The first-order chi connectivity index (χ1) is 21.1. The van der Waals surface area contributed by atoms with Gasteiger partial charge in [-0.2, -0.15) is 0 Å². The molecule has 232 valence electrons. The van der Waals surface area contributed by atoms with E-state index >= 15 is 0 Å². The highest BCUT2D eigenvalue weighted by Crippen LogP contribution is 2.42. The van der Waals surface area contributed by atoms with Crippen LogP contribution in [0.3, 0.4) is 0 Å². The van der Waals surface area contributed by atoms with Crippen molar-refractivity contribution < 1.29 is 43.0 Å². The van der Waals surface area contributed by atoms with Crippen LogP contribution in [0.15, 0.2) is 71.1 Å². The Labute approximate surface area is 253 Å². The standard InChI is InChI=1S/C31H33N3O10/c1-18-26(30(37)43-16-15-42-29(36)21-10-12-22(13-11-21)33-20(3)35)28(24-8-4-5-9-25(24)34(39)40)27(19(2)32-18)31(38)44-17-23-7-6-14-41-23/h4-5,8-13,23,28,32H,6-7,14-17H2,1-3H3,(H,33,35). The molecule has 2 aromatic carbocycles. The number of nitrogens with zero attached hydrogens (tertiary/aromatic N) is 1. The van der Waals surface area contributed by atoms with Gasteiger partial charge in [0.15, 0.2) is 0 Å². The molecule has 0 saturated carbocycles. The molecule has 4 rings (SSSR count). The van der Waals surface area contributed by atoms with E-state index < -0.39 is 28.7 Å². The van der Waals surface area contributed by atoms with Gasteiger partial charge in [-0.15, -0.1) is 0 Å². The van der Waals surface area contributed by atoms with E-state index in [1.54, 1.807) is 32.0 Å². The number of rotatable bonds is 11. The number of allylic oxidation sites excluding steroid dienone is 2. The second kappa shape index (κ2) is 14.4. The van der Waals surface area contributed by atoms with E-state index in [1.807, 2.05) is 0 Å². The quantitative estimate of drug-likeness (QED) is 0.125. The molecule has 0 radical (unpaired) electrons. The Hall–Kier alpha value is -5.04. The van der Waals surface area contributed by atoms with Gasteiger partial charge in [-0.25, -0.2) is 14.4 Å². The zero-order valence-corrected chi connectivity index (χ0v) is 24.5.